The average Bonchev–Trinajstić information content (AvgIpc) is 1.83. The third kappa shape index (κ3) is 5.54. The zero-order chi connectivity index (χ0) is 6.41. The van der Waals surface area contributed by atoms with Gasteiger partial charge in [-0.3, -0.25) is 0 Å². The summed E-state index contributed by atoms with van der Waals surface area (Å²) in [5, 5.41) is 0. The van der Waals surface area contributed by atoms with Gasteiger partial charge < -0.3 is 0 Å². The van der Waals surface area contributed by atoms with E-state index in [4.69, 9.17) is 0 Å². The Hall–Kier alpha value is 1.40. The normalized spacial score (nSPS) is 13.9. The van der Waals surface area contributed by atoms with Crippen molar-refractivity contribution in [2.45, 2.75) is 4.58 Å². The molecule has 0 radical (unpaired) electrons. The Morgan fingerprint density at radius 1 is 1.38 bits per heavy atom. The summed E-state index contributed by atoms with van der Waals surface area (Å²) in [4.78, 5) is 0. The summed E-state index contributed by atoms with van der Waals surface area (Å²) in [6, 6.07) is 0. The summed E-state index contributed by atoms with van der Waals surface area (Å²) < 4.78 is 0.380. The third-order valence-corrected chi connectivity index (χ3v) is 3.61. The monoisotopic (exact) mass is 186 g/mol. The molecule has 0 bridgehead atoms. The topological polar surface area (TPSA) is 0 Å². The van der Waals surface area contributed by atoms with Crippen LogP contribution in [0.1, 0.15) is 0 Å². The lowest BCUT2D eigenvalue weighted by molar-refractivity contribution is 1.44. The van der Waals surface area contributed by atoms with Crippen molar-refractivity contribution >= 4 is 49.6 Å². The molecular formula is C4H10S4. The van der Waals surface area contributed by atoms with E-state index in [1.54, 1.807) is 11.8 Å². The van der Waals surface area contributed by atoms with Gasteiger partial charge in [0.15, 0.2) is 0 Å². The second kappa shape index (κ2) is 6.52. The summed E-state index contributed by atoms with van der Waals surface area (Å²) in [6.45, 7) is 0. The second-order valence-corrected chi connectivity index (χ2v) is 4.33. The van der Waals surface area contributed by atoms with Gasteiger partial charge >= 0.3 is 0 Å². The molecule has 0 aliphatic carbocycles. The van der Waals surface area contributed by atoms with Gasteiger partial charge in [0.25, 0.3) is 0 Å². The van der Waals surface area contributed by atoms with Gasteiger partial charge in [-0.15, -0.1) is 11.8 Å². The molecule has 0 rings (SSSR count). The van der Waals surface area contributed by atoms with E-state index in [1.165, 1.54) is 0 Å². The molecular weight excluding hydrogens is 176 g/mol. The zero-order valence-corrected chi connectivity index (χ0v) is 7.95. The molecule has 0 amide bonds. The Morgan fingerprint density at radius 2 is 2.00 bits per heavy atom. The Morgan fingerprint density at radius 3 is 2.38 bits per heavy atom. The maximum Gasteiger partial charge on any atom is 0.0560 e. The molecule has 1 atom stereocenters. The number of thioether (sulfide) groups is 1. The number of thiol groups is 3. The molecule has 0 nitrogen and oxygen atoms in total. The quantitative estimate of drug-likeness (QED) is 0.445. The average molecular weight is 186 g/mol. The van der Waals surface area contributed by atoms with Crippen molar-refractivity contribution in [3.63, 3.8) is 0 Å². The smallest absolute Gasteiger partial charge is 0.0560 e. The van der Waals surface area contributed by atoms with Crippen LogP contribution < -0.4 is 0 Å². The highest BCUT2D eigenvalue weighted by molar-refractivity contribution is 8.11. The predicted molar refractivity (Wildman–Crippen MR) is 52.9 cm³/mol. The Labute approximate surface area is 71.4 Å². The summed E-state index contributed by atoms with van der Waals surface area (Å²) in [5.74, 6) is 2.83. The lowest BCUT2D eigenvalue weighted by Gasteiger charge is -2.02. The van der Waals surface area contributed by atoms with Crippen LogP contribution in [0.25, 0.3) is 0 Å². The van der Waals surface area contributed by atoms with Crippen LogP contribution in [0.15, 0.2) is 0 Å². The van der Waals surface area contributed by atoms with Crippen LogP contribution in [-0.2, 0) is 0 Å². The second-order valence-electron chi connectivity index (χ2n) is 1.23. The van der Waals surface area contributed by atoms with E-state index in [2.05, 4.69) is 37.9 Å². The van der Waals surface area contributed by atoms with Crippen molar-refractivity contribution in [1.82, 2.24) is 0 Å². The molecule has 4 heteroatoms. The first-order valence-corrected chi connectivity index (χ1v) is 5.15. The standard InChI is InChI=1S/C4H10S4/c5-1-2-8-4(7)3-6/h4-7H,1-3H2. The molecule has 0 saturated carbocycles. The summed E-state index contributed by atoms with van der Waals surface area (Å²) in [6.07, 6.45) is 0. The van der Waals surface area contributed by atoms with Crippen LogP contribution >= 0.6 is 49.6 Å². The van der Waals surface area contributed by atoms with Gasteiger partial charge in [-0.25, -0.2) is 0 Å². The highest BCUT2D eigenvalue weighted by Gasteiger charge is 1.96. The molecule has 0 saturated heterocycles. The van der Waals surface area contributed by atoms with Gasteiger partial charge in [-0.1, -0.05) is 0 Å². The molecule has 0 heterocycles. The molecule has 0 fully saturated rings. The van der Waals surface area contributed by atoms with E-state index in [9.17, 15) is 0 Å². The Bertz CT molecular complexity index is 47.3. The van der Waals surface area contributed by atoms with Gasteiger partial charge in [-0.05, 0) is 5.75 Å². The number of hydrogen-bond donors (Lipinski definition) is 3. The molecule has 0 aromatic rings. The number of hydrogen-bond acceptors (Lipinski definition) is 4. The molecule has 0 aliphatic heterocycles. The van der Waals surface area contributed by atoms with E-state index >= 15 is 0 Å². The molecule has 50 valence electrons. The van der Waals surface area contributed by atoms with E-state index in [1.807, 2.05) is 0 Å². The van der Waals surface area contributed by atoms with Crippen LogP contribution in [-0.4, -0.2) is 21.8 Å². The minimum Gasteiger partial charge on any atom is -0.179 e. The molecule has 1 unspecified atom stereocenters. The molecule has 0 N–H and O–H groups in total. The van der Waals surface area contributed by atoms with Crippen LogP contribution in [0.3, 0.4) is 0 Å². The first-order valence-electron chi connectivity index (χ1n) is 2.32. The third-order valence-electron chi connectivity index (χ3n) is 0.558. The Kier molecular flexibility index (Phi) is 7.66. The van der Waals surface area contributed by atoms with Crippen LogP contribution in [0.2, 0.25) is 0 Å². The molecule has 0 aromatic carbocycles. The van der Waals surface area contributed by atoms with Crippen molar-refractivity contribution in [2.75, 3.05) is 17.3 Å². The maximum absolute atomic E-state index is 4.22. The molecule has 0 aliphatic rings. The first kappa shape index (κ1) is 9.40. The fraction of sp³-hybridized carbons (Fsp3) is 1.00. The highest BCUT2D eigenvalue weighted by atomic mass is 32.2. The van der Waals surface area contributed by atoms with E-state index in [0.717, 1.165) is 17.3 Å². The van der Waals surface area contributed by atoms with Crippen molar-refractivity contribution < 1.29 is 0 Å². The van der Waals surface area contributed by atoms with Crippen molar-refractivity contribution in [3.05, 3.63) is 0 Å². The zero-order valence-electron chi connectivity index (χ0n) is 4.45. The van der Waals surface area contributed by atoms with E-state index in [0.29, 0.717) is 4.58 Å². The van der Waals surface area contributed by atoms with Crippen LogP contribution in [0, 0.1) is 0 Å². The first-order chi connectivity index (χ1) is 3.81. The summed E-state index contributed by atoms with van der Waals surface area (Å²) in [5.41, 5.74) is 0. The van der Waals surface area contributed by atoms with Gasteiger partial charge in [-0.2, -0.15) is 37.9 Å². The minimum atomic E-state index is 0.380. The van der Waals surface area contributed by atoms with Crippen molar-refractivity contribution in [1.29, 1.82) is 0 Å². The van der Waals surface area contributed by atoms with Crippen LogP contribution in [0.4, 0.5) is 0 Å². The fourth-order valence-electron chi connectivity index (χ4n) is 0.241. The van der Waals surface area contributed by atoms with Crippen molar-refractivity contribution in [2.24, 2.45) is 0 Å². The van der Waals surface area contributed by atoms with Crippen LogP contribution in [0.5, 0.6) is 0 Å². The minimum absolute atomic E-state index is 0.380. The highest BCUT2D eigenvalue weighted by Crippen LogP contribution is 2.15. The van der Waals surface area contributed by atoms with Gasteiger partial charge in [0, 0.05) is 11.5 Å². The van der Waals surface area contributed by atoms with Gasteiger partial charge in [0.1, 0.15) is 0 Å². The molecule has 0 spiro atoms. The van der Waals surface area contributed by atoms with E-state index < -0.39 is 0 Å². The molecule has 0 aromatic heterocycles. The van der Waals surface area contributed by atoms with E-state index in [-0.39, 0.29) is 0 Å². The molecule has 8 heavy (non-hydrogen) atoms. The fourth-order valence-corrected chi connectivity index (χ4v) is 1.67. The summed E-state index contributed by atoms with van der Waals surface area (Å²) in [7, 11) is 0. The largest absolute Gasteiger partial charge is 0.179 e. The SMILES string of the molecule is SCCSC(S)CS. The number of rotatable bonds is 4. The van der Waals surface area contributed by atoms with Gasteiger partial charge in [0.2, 0.25) is 0 Å². The Balaban J connectivity index is 2.86. The lowest BCUT2D eigenvalue weighted by Crippen LogP contribution is -1.95. The van der Waals surface area contributed by atoms with Gasteiger partial charge in [0.05, 0.1) is 4.58 Å². The summed E-state index contributed by atoms with van der Waals surface area (Å²) >= 11 is 14.1. The van der Waals surface area contributed by atoms with Crippen molar-refractivity contribution in [3.8, 4) is 0 Å². The lowest BCUT2D eigenvalue weighted by atomic mass is 10.9. The maximum atomic E-state index is 4.22. The predicted octanol–water partition coefficient (Wildman–Crippen LogP) is 1.84.